The summed E-state index contributed by atoms with van der Waals surface area (Å²) in [5, 5.41) is 40.4. The van der Waals surface area contributed by atoms with Gasteiger partial charge in [0.25, 0.3) is 0 Å². The van der Waals surface area contributed by atoms with E-state index in [0.29, 0.717) is 22.9 Å². The van der Waals surface area contributed by atoms with Crippen molar-refractivity contribution in [1.29, 1.82) is 0 Å². The van der Waals surface area contributed by atoms with Crippen LogP contribution in [0.25, 0.3) is 0 Å². The van der Waals surface area contributed by atoms with Crippen molar-refractivity contribution in [2.75, 3.05) is 6.61 Å². The normalized spacial score (nSPS) is 26.3. The molecule has 0 spiro atoms. The third kappa shape index (κ3) is 5.22. The first-order chi connectivity index (χ1) is 14.3. The summed E-state index contributed by atoms with van der Waals surface area (Å²) in [6.45, 7) is 3.63. The lowest BCUT2D eigenvalue weighted by molar-refractivity contribution is -0.231. The van der Waals surface area contributed by atoms with E-state index >= 15 is 0 Å². The molecule has 5 atom stereocenters. The highest BCUT2D eigenvalue weighted by molar-refractivity contribution is 6.31. The lowest BCUT2D eigenvalue weighted by atomic mass is 9.90. The quantitative estimate of drug-likeness (QED) is 0.559. The van der Waals surface area contributed by atoms with Crippen LogP contribution in [0, 0.1) is 17.8 Å². The van der Waals surface area contributed by atoms with Crippen molar-refractivity contribution in [2.45, 2.75) is 50.8 Å². The highest BCUT2D eigenvalue weighted by Gasteiger charge is 2.43. The van der Waals surface area contributed by atoms with Crippen molar-refractivity contribution in [2.24, 2.45) is 5.92 Å². The third-order valence-corrected chi connectivity index (χ3v) is 5.51. The van der Waals surface area contributed by atoms with Gasteiger partial charge in [-0.15, -0.1) is 0 Å². The smallest absolute Gasteiger partial charge is 0.113 e. The maximum atomic E-state index is 10.4. The standard InChI is InChI=1S/C24H27ClO5/c1-14(2)3-4-15-5-7-16(8-6-15)11-18-12-17(9-10-19(18)25)24-23(29)22(28)21(27)20(13-26)30-24/h5-10,12,14,20-24,26-29H,11,13H2,1-2H3/t20?,21-,22+,23-,24+/m1/s1. The van der Waals surface area contributed by atoms with Gasteiger partial charge in [0.05, 0.1) is 6.61 Å². The van der Waals surface area contributed by atoms with Gasteiger partial charge in [-0.3, -0.25) is 0 Å². The molecule has 0 amide bonds. The van der Waals surface area contributed by atoms with Crippen LogP contribution >= 0.6 is 11.6 Å². The molecule has 0 saturated carbocycles. The number of halogens is 1. The van der Waals surface area contributed by atoms with Gasteiger partial charge in [-0.2, -0.15) is 0 Å². The van der Waals surface area contributed by atoms with Gasteiger partial charge in [-0.05, 0) is 41.3 Å². The molecule has 0 aromatic heterocycles. The summed E-state index contributed by atoms with van der Waals surface area (Å²) in [6, 6.07) is 13.2. The molecule has 6 heteroatoms. The van der Waals surface area contributed by atoms with Crippen molar-refractivity contribution >= 4 is 11.6 Å². The molecular formula is C24H27ClO5. The Labute approximate surface area is 181 Å². The Balaban J connectivity index is 1.81. The summed E-state index contributed by atoms with van der Waals surface area (Å²) in [7, 11) is 0. The summed E-state index contributed by atoms with van der Waals surface area (Å²) in [4.78, 5) is 0. The maximum Gasteiger partial charge on any atom is 0.113 e. The Bertz CT molecular complexity index is 913. The number of rotatable bonds is 4. The molecule has 1 heterocycles. The number of ether oxygens (including phenoxy) is 1. The molecule has 160 valence electrons. The Morgan fingerprint density at radius 1 is 1.00 bits per heavy atom. The van der Waals surface area contributed by atoms with E-state index in [4.69, 9.17) is 16.3 Å². The zero-order valence-corrected chi connectivity index (χ0v) is 17.8. The van der Waals surface area contributed by atoms with Crippen molar-refractivity contribution in [1.82, 2.24) is 0 Å². The first kappa shape index (κ1) is 22.8. The van der Waals surface area contributed by atoms with E-state index in [0.717, 1.165) is 16.7 Å². The maximum absolute atomic E-state index is 10.4. The van der Waals surface area contributed by atoms with E-state index in [2.05, 4.69) is 11.8 Å². The van der Waals surface area contributed by atoms with Crippen LogP contribution in [0.3, 0.4) is 0 Å². The van der Waals surface area contributed by atoms with Crippen molar-refractivity contribution in [3.63, 3.8) is 0 Å². The molecule has 2 aromatic carbocycles. The second kappa shape index (κ2) is 9.93. The molecule has 0 aliphatic carbocycles. The van der Waals surface area contributed by atoms with Crippen LogP contribution in [0.4, 0.5) is 0 Å². The second-order valence-electron chi connectivity index (χ2n) is 7.90. The average molecular weight is 431 g/mol. The summed E-state index contributed by atoms with van der Waals surface area (Å²) >= 11 is 6.39. The molecule has 0 radical (unpaired) electrons. The topological polar surface area (TPSA) is 90.2 Å². The zero-order valence-electron chi connectivity index (χ0n) is 17.0. The Morgan fingerprint density at radius 2 is 1.70 bits per heavy atom. The fraction of sp³-hybridized carbons (Fsp3) is 0.417. The Kier molecular flexibility index (Phi) is 7.54. The summed E-state index contributed by atoms with van der Waals surface area (Å²) in [5.74, 6) is 6.59. The molecule has 1 aliphatic heterocycles. The minimum absolute atomic E-state index is 0.314. The Hall–Kier alpha value is -1.91. The fourth-order valence-corrected chi connectivity index (χ4v) is 3.62. The Morgan fingerprint density at radius 3 is 2.33 bits per heavy atom. The van der Waals surface area contributed by atoms with Crippen LogP contribution in [-0.2, 0) is 11.2 Å². The van der Waals surface area contributed by atoms with Gasteiger partial charge in [0.2, 0.25) is 0 Å². The highest BCUT2D eigenvalue weighted by Crippen LogP contribution is 2.34. The van der Waals surface area contributed by atoms with Crippen LogP contribution in [0.15, 0.2) is 42.5 Å². The van der Waals surface area contributed by atoms with E-state index in [1.807, 2.05) is 44.2 Å². The largest absolute Gasteiger partial charge is 0.394 e. The molecule has 30 heavy (non-hydrogen) atoms. The van der Waals surface area contributed by atoms with E-state index in [-0.39, 0.29) is 0 Å². The van der Waals surface area contributed by atoms with Crippen LogP contribution < -0.4 is 0 Å². The van der Waals surface area contributed by atoms with Crippen molar-refractivity contribution in [3.8, 4) is 11.8 Å². The zero-order chi connectivity index (χ0) is 21.8. The third-order valence-electron chi connectivity index (χ3n) is 5.14. The minimum atomic E-state index is -1.42. The van der Waals surface area contributed by atoms with E-state index in [1.165, 1.54) is 0 Å². The molecule has 5 nitrogen and oxygen atoms in total. The average Bonchev–Trinajstić information content (AvgIpc) is 2.73. The fourth-order valence-electron chi connectivity index (χ4n) is 3.44. The molecule has 2 aromatic rings. The van der Waals surface area contributed by atoms with Crippen molar-refractivity contribution < 1.29 is 25.2 Å². The van der Waals surface area contributed by atoms with Gasteiger partial charge in [-0.1, -0.05) is 61.6 Å². The van der Waals surface area contributed by atoms with Gasteiger partial charge in [0.1, 0.15) is 30.5 Å². The van der Waals surface area contributed by atoms with Gasteiger partial charge >= 0.3 is 0 Å². The number of hydrogen-bond acceptors (Lipinski definition) is 5. The minimum Gasteiger partial charge on any atom is -0.394 e. The second-order valence-corrected chi connectivity index (χ2v) is 8.31. The molecule has 1 aliphatic rings. The van der Waals surface area contributed by atoms with Gasteiger partial charge in [0, 0.05) is 16.5 Å². The summed E-state index contributed by atoms with van der Waals surface area (Å²) < 4.78 is 5.66. The molecular weight excluding hydrogens is 404 g/mol. The van der Waals surface area contributed by atoms with Crippen LogP contribution in [-0.4, -0.2) is 51.4 Å². The molecule has 0 bridgehead atoms. The monoisotopic (exact) mass is 430 g/mol. The summed E-state index contributed by atoms with van der Waals surface area (Å²) in [6.07, 6.45) is -5.39. The van der Waals surface area contributed by atoms with Crippen LogP contribution in [0.2, 0.25) is 5.02 Å². The molecule has 3 rings (SSSR count). The molecule has 4 N–H and O–H groups in total. The molecule has 1 fully saturated rings. The highest BCUT2D eigenvalue weighted by atomic mass is 35.5. The van der Waals surface area contributed by atoms with E-state index < -0.39 is 37.1 Å². The van der Waals surface area contributed by atoms with Crippen LogP contribution in [0.1, 0.15) is 42.2 Å². The predicted octanol–water partition coefficient (Wildman–Crippen LogP) is 2.45. The van der Waals surface area contributed by atoms with E-state index in [9.17, 15) is 20.4 Å². The molecule has 1 unspecified atom stereocenters. The van der Waals surface area contributed by atoms with E-state index in [1.54, 1.807) is 12.1 Å². The van der Waals surface area contributed by atoms with Gasteiger partial charge < -0.3 is 25.2 Å². The lowest BCUT2D eigenvalue weighted by Crippen LogP contribution is -2.55. The summed E-state index contributed by atoms with van der Waals surface area (Å²) in [5.41, 5.74) is 3.46. The van der Waals surface area contributed by atoms with Gasteiger partial charge in [-0.25, -0.2) is 0 Å². The van der Waals surface area contributed by atoms with Gasteiger partial charge in [0.15, 0.2) is 0 Å². The first-order valence-electron chi connectivity index (χ1n) is 9.99. The number of benzene rings is 2. The first-order valence-corrected chi connectivity index (χ1v) is 10.4. The van der Waals surface area contributed by atoms with Crippen LogP contribution in [0.5, 0.6) is 0 Å². The number of aliphatic hydroxyl groups excluding tert-OH is 4. The SMILES string of the molecule is CC(C)C#Cc1ccc(Cc2cc([C@@H]3OC(CO)[C@@H](O)[C@H](O)[C@H]3O)ccc2Cl)cc1. The predicted molar refractivity (Wildman–Crippen MR) is 115 cm³/mol. The van der Waals surface area contributed by atoms with Crippen molar-refractivity contribution in [3.05, 3.63) is 69.7 Å². The lowest BCUT2D eigenvalue weighted by Gasteiger charge is -2.40. The number of hydrogen-bond donors (Lipinski definition) is 4. The molecule has 1 saturated heterocycles. The number of aliphatic hydroxyl groups is 4.